The van der Waals surface area contributed by atoms with Gasteiger partial charge in [0.05, 0.1) is 5.92 Å². The maximum Gasteiger partial charge on any atom is 0.408 e. The number of carbonyl (C=O) groups excluding carboxylic acids is 1. The predicted octanol–water partition coefficient (Wildman–Crippen LogP) is 3.41. The average molecular weight is 368 g/mol. The molecule has 2 aliphatic rings. The first kappa shape index (κ1) is 17.0. The molecule has 5 nitrogen and oxygen atoms in total. The molecule has 1 atom stereocenters. The molecule has 0 bridgehead atoms. The minimum Gasteiger partial charge on any atom is -0.326 e. The van der Waals surface area contributed by atoms with Crippen molar-refractivity contribution in [3.63, 3.8) is 0 Å². The van der Waals surface area contributed by atoms with Gasteiger partial charge in [-0.2, -0.15) is 18.3 Å². The second kappa shape index (κ2) is 6.07. The smallest absolute Gasteiger partial charge is 0.326 e. The van der Waals surface area contributed by atoms with Gasteiger partial charge in [0.25, 0.3) is 0 Å². The molecular formula is C17H16F4N4O. The topological polar surface area (TPSA) is 59.8 Å². The van der Waals surface area contributed by atoms with E-state index in [0.29, 0.717) is 29.4 Å². The number of anilines is 1. The number of hydrogen-bond acceptors (Lipinski definition) is 3. The fraction of sp³-hybridized carbons (Fsp3) is 0.471. The highest BCUT2D eigenvalue weighted by Crippen LogP contribution is 2.38. The SMILES string of the molecule is O=C1C[C@H](c2nc(CC3CC3)nn2CC(F)(F)F)c2cc(F)ccc2N1. The van der Waals surface area contributed by atoms with E-state index >= 15 is 0 Å². The Hall–Kier alpha value is -2.45. The Labute approximate surface area is 146 Å². The van der Waals surface area contributed by atoms with Crippen LogP contribution in [0.25, 0.3) is 0 Å². The summed E-state index contributed by atoms with van der Waals surface area (Å²) in [6, 6.07) is 3.83. The van der Waals surface area contributed by atoms with Gasteiger partial charge in [-0.25, -0.2) is 14.1 Å². The van der Waals surface area contributed by atoms with E-state index in [1.165, 1.54) is 18.2 Å². The molecule has 138 valence electrons. The zero-order valence-electron chi connectivity index (χ0n) is 13.7. The van der Waals surface area contributed by atoms with Crippen LogP contribution in [0.2, 0.25) is 0 Å². The maximum atomic E-state index is 13.7. The summed E-state index contributed by atoms with van der Waals surface area (Å²) >= 11 is 0. The van der Waals surface area contributed by atoms with Crippen LogP contribution in [0.1, 0.15) is 42.4 Å². The quantitative estimate of drug-likeness (QED) is 0.842. The van der Waals surface area contributed by atoms with Crippen LogP contribution in [0, 0.1) is 11.7 Å². The summed E-state index contributed by atoms with van der Waals surface area (Å²) < 4.78 is 53.5. The molecule has 0 unspecified atom stereocenters. The number of nitrogens with one attached hydrogen (secondary N) is 1. The van der Waals surface area contributed by atoms with Crippen LogP contribution in [-0.4, -0.2) is 26.8 Å². The molecule has 1 amide bonds. The van der Waals surface area contributed by atoms with E-state index in [4.69, 9.17) is 0 Å². The van der Waals surface area contributed by atoms with Crippen LogP contribution in [0.4, 0.5) is 23.2 Å². The van der Waals surface area contributed by atoms with Crippen molar-refractivity contribution in [3.05, 3.63) is 41.2 Å². The van der Waals surface area contributed by atoms with Gasteiger partial charge in [0.2, 0.25) is 5.91 Å². The molecule has 1 aliphatic heterocycles. The molecule has 9 heteroatoms. The number of aromatic nitrogens is 3. The Bertz CT molecular complexity index is 857. The lowest BCUT2D eigenvalue weighted by molar-refractivity contribution is -0.143. The van der Waals surface area contributed by atoms with Crippen LogP contribution in [0.5, 0.6) is 0 Å². The molecule has 0 saturated heterocycles. The molecule has 1 N–H and O–H groups in total. The van der Waals surface area contributed by atoms with E-state index in [9.17, 15) is 22.4 Å². The van der Waals surface area contributed by atoms with E-state index in [1.807, 2.05) is 0 Å². The summed E-state index contributed by atoms with van der Waals surface area (Å²) in [5, 5.41) is 6.65. The van der Waals surface area contributed by atoms with Crippen LogP contribution in [0.15, 0.2) is 18.2 Å². The van der Waals surface area contributed by atoms with E-state index in [2.05, 4.69) is 15.4 Å². The molecule has 1 aromatic carbocycles. The summed E-state index contributed by atoms with van der Waals surface area (Å²) in [6.07, 6.45) is -2.02. The van der Waals surface area contributed by atoms with Crippen molar-refractivity contribution in [1.82, 2.24) is 14.8 Å². The first-order valence-electron chi connectivity index (χ1n) is 8.38. The summed E-state index contributed by atoms with van der Waals surface area (Å²) in [7, 11) is 0. The normalized spacial score (nSPS) is 20.0. The third-order valence-electron chi connectivity index (χ3n) is 4.61. The molecule has 0 spiro atoms. The van der Waals surface area contributed by atoms with E-state index in [-0.39, 0.29) is 18.2 Å². The van der Waals surface area contributed by atoms with Crippen molar-refractivity contribution in [2.24, 2.45) is 5.92 Å². The van der Waals surface area contributed by atoms with Crippen LogP contribution < -0.4 is 5.32 Å². The highest BCUT2D eigenvalue weighted by molar-refractivity contribution is 5.95. The zero-order chi connectivity index (χ0) is 18.5. The van der Waals surface area contributed by atoms with Crippen molar-refractivity contribution in [2.45, 2.75) is 44.3 Å². The van der Waals surface area contributed by atoms with Gasteiger partial charge >= 0.3 is 6.18 Å². The van der Waals surface area contributed by atoms with Gasteiger partial charge in [-0.15, -0.1) is 0 Å². The number of halogens is 4. The fourth-order valence-corrected chi connectivity index (χ4v) is 3.28. The number of rotatable bonds is 4. The molecule has 2 heterocycles. The molecule has 1 aliphatic carbocycles. The number of fused-ring (bicyclic) bond motifs is 1. The third kappa shape index (κ3) is 3.56. The highest BCUT2D eigenvalue weighted by Gasteiger charge is 2.36. The molecule has 0 radical (unpaired) electrons. The van der Waals surface area contributed by atoms with Gasteiger partial charge < -0.3 is 5.32 Å². The number of carbonyl (C=O) groups is 1. The lowest BCUT2D eigenvalue weighted by Gasteiger charge is -2.25. The lowest BCUT2D eigenvalue weighted by Crippen LogP contribution is -2.27. The zero-order valence-corrected chi connectivity index (χ0v) is 13.7. The summed E-state index contributed by atoms with van der Waals surface area (Å²) in [4.78, 5) is 16.3. The molecule has 4 rings (SSSR count). The number of benzene rings is 1. The molecule has 26 heavy (non-hydrogen) atoms. The van der Waals surface area contributed by atoms with Crippen LogP contribution in [0.3, 0.4) is 0 Å². The maximum absolute atomic E-state index is 13.7. The largest absolute Gasteiger partial charge is 0.408 e. The fourth-order valence-electron chi connectivity index (χ4n) is 3.28. The minimum absolute atomic E-state index is 0.0553. The molecular weight excluding hydrogens is 352 g/mol. The van der Waals surface area contributed by atoms with E-state index in [0.717, 1.165) is 17.5 Å². The minimum atomic E-state index is -4.47. The van der Waals surface area contributed by atoms with Gasteiger partial charge in [-0.3, -0.25) is 4.79 Å². The van der Waals surface area contributed by atoms with Crippen molar-refractivity contribution >= 4 is 11.6 Å². The number of alkyl halides is 3. The molecule has 1 saturated carbocycles. The Balaban J connectivity index is 1.77. The standard InChI is InChI=1S/C17H16F4N4O/c18-10-3-4-13-11(6-10)12(7-15(26)22-13)16-23-14(5-9-1-2-9)24-25(16)8-17(19,20)21/h3-4,6,9,12H,1-2,5,7-8H2,(H,22,26)/t12-/m0/s1. The van der Waals surface area contributed by atoms with Crippen molar-refractivity contribution in [3.8, 4) is 0 Å². The second-order valence-electron chi connectivity index (χ2n) is 6.84. The van der Waals surface area contributed by atoms with Crippen LogP contribution in [-0.2, 0) is 17.8 Å². The average Bonchev–Trinajstić information content (AvgIpc) is 3.26. The molecule has 1 aromatic heterocycles. The van der Waals surface area contributed by atoms with Crippen molar-refractivity contribution < 1.29 is 22.4 Å². The highest BCUT2D eigenvalue weighted by atomic mass is 19.4. The number of amides is 1. The first-order chi connectivity index (χ1) is 12.3. The van der Waals surface area contributed by atoms with Gasteiger partial charge in [0, 0.05) is 18.5 Å². The Morgan fingerprint density at radius 1 is 1.27 bits per heavy atom. The number of hydrogen-bond donors (Lipinski definition) is 1. The number of nitrogens with zero attached hydrogens (tertiary/aromatic N) is 3. The molecule has 1 fully saturated rings. The molecule has 2 aromatic rings. The second-order valence-corrected chi connectivity index (χ2v) is 6.84. The summed E-state index contributed by atoms with van der Waals surface area (Å²) in [6.45, 7) is -1.29. The third-order valence-corrected chi connectivity index (χ3v) is 4.61. The summed E-state index contributed by atoms with van der Waals surface area (Å²) in [5.41, 5.74) is 0.802. The van der Waals surface area contributed by atoms with E-state index < -0.39 is 24.5 Å². The van der Waals surface area contributed by atoms with Crippen molar-refractivity contribution in [1.29, 1.82) is 0 Å². The monoisotopic (exact) mass is 368 g/mol. The Kier molecular flexibility index (Phi) is 3.96. The summed E-state index contributed by atoms with van der Waals surface area (Å²) in [5.74, 6) is -0.832. The van der Waals surface area contributed by atoms with Crippen LogP contribution >= 0.6 is 0 Å². The Morgan fingerprint density at radius 2 is 2.04 bits per heavy atom. The van der Waals surface area contributed by atoms with Gasteiger partial charge in [-0.1, -0.05) is 0 Å². The van der Waals surface area contributed by atoms with Crippen molar-refractivity contribution in [2.75, 3.05) is 5.32 Å². The van der Waals surface area contributed by atoms with Gasteiger partial charge in [0.1, 0.15) is 18.2 Å². The van der Waals surface area contributed by atoms with Gasteiger partial charge in [0.15, 0.2) is 5.82 Å². The van der Waals surface area contributed by atoms with E-state index in [1.54, 1.807) is 0 Å². The van der Waals surface area contributed by atoms with Gasteiger partial charge in [-0.05, 0) is 42.5 Å². The predicted molar refractivity (Wildman–Crippen MR) is 84.0 cm³/mol. The first-order valence-corrected chi connectivity index (χ1v) is 8.38. The Morgan fingerprint density at radius 3 is 2.73 bits per heavy atom. The lowest BCUT2D eigenvalue weighted by atomic mass is 9.89.